The zero-order chi connectivity index (χ0) is 16.2. The monoisotopic (exact) mass is 319 g/mol. The molecular formula is C17H25N3O3. The molecule has 0 spiro atoms. The minimum Gasteiger partial charge on any atom is -0.493 e. The summed E-state index contributed by atoms with van der Waals surface area (Å²) < 4.78 is 11.6. The summed E-state index contributed by atoms with van der Waals surface area (Å²) in [5, 5.41) is 0. The Balaban J connectivity index is 1.71. The number of carbonyl (C=O) groups is 1. The van der Waals surface area contributed by atoms with Gasteiger partial charge in [0.05, 0.1) is 13.2 Å². The second-order valence-corrected chi connectivity index (χ2v) is 6.17. The second kappa shape index (κ2) is 6.98. The molecule has 126 valence electrons. The molecule has 1 saturated heterocycles. The predicted octanol–water partition coefficient (Wildman–Crippen LogP) is 2.22. The van der Waals surface area contributed by atoms with E-state index in [1.807, 2.05) is 12.1 Å². The van der Waals surface area contributed by atoms with Crippen molar-refractivity contribution in [1.29, 1.82) is 0 Å². The van der Waals surface area contributed by atoms with Gasteiger partial charge in [0.25, 0.3) is 0 Å². The number of anilines is 1. The molecule has 23 heavy (non-hydrogen) atoms. The summed E-state index contributed by atoms with van der Waals surface area (Å²) in [6.07, 6.45) is 5.00. The molecule has 1 aromatic carbocycles. The summed E-state index contributed by atoms with van der Waals surface area (Å²) in [5.74, 6) is 1.59. The van der Waals surface area contributed by atoms with Gasteiger partial charge >= 0.3 is 6.03 Å². The Bertz CT molecular complexity index is 550. The normalized spacial score (nSPS) is 19.0. The van der Waals surface area contributed by atoms with Gasteiger partial charge in [0, 0.05) is 37.9 Å². The third-order valence-electron chi connectivity index (χ3n) is 4.70. The molecule has 0 atom stereocenters. The van der Waals surface area contributed by atoms with Crippen LogP contribution in [0.5, 0.6) is 11.5 Å². The summed E-state index contributed by atoms with van der Waals surface area (Å²) >= 11 is 0. The van der Waals surface area contributed by atoms with Crippen molar-refractivity contribution >= 4 is 11.7 Å². The maximum Gasteiger partial charge on any atom is 0.314 e. The molecule has 0 unspecified atom stereocenters. The van der Waals surface area contributed by atoms with Crippen LogP contribution in [0.1, 0.15) is 25.7 Å². The Kier molecular flexibility index (Phi) is 4.79. The van der Waals surface area contributed by atoms with Crippen LogP contribution in [0.3, 0.4) is 0 Å². The van der Waals surface area contributed by atoms with E-state index in [0.717, 1.165) is 43.1 Å². The van der Waals surface area contributed by atoms with Crippen LogP contribution in [-0.4, -0.2) is 50.3 Å². The number of nitrogens with zero attached hydrogens (tertiary/aromatic N) is 2. The van der Waals surface area contributed by atoms with E-state index in [1.165, 1.54) is 12.8 Å². The molecule has 1 aliphatic heterocycles. The van der Waals surface area contributed by atoms with Crippen molar-refractivity contribution in [3.63, 3.8) is 0 Å². The quantitative estimate of drug-likeness (QED) is 0.924. The van der Waals surface area contributed by atoms with Crippen LogP contribution in [0.4, 0.5) is 10.5 Å². The number of piperazine rings is 1. The van der Waals surface area contributed by atoms with Crippen LogP contribution >= 0.6 is 0 Å². The number of primary amides is 1. The third kappa shape index (κ3) is 3.63. The number of ether oxygens (including phenoxy) is 2. The fourth-order valence-electron chi connectivity index (χ4n) is 3.32. The fourth-order valence-corrected chi connectivity index (χ4v) is 3.32. The first-order chi connectivity index (χ1) is 11.2. The Morgan fingerprint density at radius 3 is 2.43 bits per heavy atom. The first-order valence-corrected chi connectivity index (χ1v) is 8.31. The minimum atomic E-state index is -0.343. The number of carbonyl (C=O) groups excluding carboxylic acids is 1. The molecule has 1 aliphatic carbocycles. The number of amides is 2. The second-order valence-electron chi connectivity index (χ2n) is 6.17. The number of benzene rings is 1. The molecule has 0 radical (unpaired) electrons. The maximum atomic E-state index is 11.2. The standard InChI is InChI=1S/C17H25N3O3/c1-22-15-7-6-13(12-16(15)23-14-4-2-3-5-14)19-8-10-20(11-9-19)17(18)21/h6-7,12,14H,2-5,8-11H2,1H3,(H2,18,21). The van der Waals surface area contributed by atoms with E-state index in [2.05, 4.69) is 11.0 Å². The molecule has 1 saturated carbocycles. The Morgan fingerprint density at radius 2 is 1.83 bits per heavy atom. The van der Waals surface area contributed by atoms with E-state index < -0.39 is 0 Å². The highest BCUT2D eigenvalue weighted by Gasteiger charge is 2.22. The molecule has 2 amide bonds. The number of hydrogen-bond donors (Lipinski definition) is 1. The number of rotatable bonds is 4. The zero-order valence-corrected chi connectivity index (χ0v) is 13.7. The average Bonchev–Trinajstić information content (AvgIpc) is 3.08. The SMILES string of the molecule is COc1ccc(N2CCN(C(N)=O)CC2)cc1OC1CCCC1. The van der Waals surface area contributed by atoms with Crippen LogP contribution in [0.25, 0.3) is 0 Å². The lowest BCUT2D eigenvalue weighted by molar-refractivity contribution is 0.200. The Labute approximate surface area is 137 Å². The number of nitrogens with two attached hydrogens (primary N) is 1. The minimum absolute atomic E-state index is 0.297. The topological polar surface area (TPSA) is 68.0 Å². The van der Waals surface area contributed by atoms with Gasteiger partial charge in [0.2, 0.25) is 0 Å². The van der Waals surface area contributed by atoms with Crippen LogP contribution in [-0.2, 0) is 0 Å². The Hall–Kier alpha value is -2.11. The highest BCUT2D eigenvalue weighted by atomic mass is 16.5. The van der Waals surface area contributed by atoms with Gasteiger partial charge in [0.15, 0.2) is 11.5 Å². The van der Waals surface area contributed by atoms with E-state index in [4.69, 9.17) is 15.2 Å². The van der Waals surface area contributed by atoms with E-state index in [1.54, 1.807) is 12.0 Å². The van der Waals surface area contributed by atoms with Crippen molar-refractivity contribution in [2.45, 2.75) is 31.8 Å². The maximum absolute atomic E-state index is 11.2. The molecule has 2 aliphatic rings. The van der Waals surface area contributed by atoms with E-state index in [-0.39, 0.29) is 6.03 Å². The first-order valence-electron chi connectivity index (χ1n) is 8.31. The van der Waals surface area contributed by atoms with Crippen LogP contribution in [0.15, 0.2) is 18.2 Å². The largest absolute Gasteiger partial charge is 0.493 e. The highest BCUT2D eigenvalue weighted by molar-refractivity contribution is 5.72. The van der Waals surface area contributed by atoms with Gasteiger partial charge in [-0.15, -0.1) is 0 Å². The fraction of sp³-hybridized carbons (Fsp3) is 0.588. The lowest BCUT2D eigenvalue weighted by atomic mass is 10.2. The molecule has 6 nitrogen and oxygen atoms in total. The summed E-state index contributed by atoms with van der Waals surface area (Å²) in [6.45, 7) is 2.86. The molecule has 6 heteroatoms. The molecule has 1 aromatic rings. The number of urea groups is 1. The third-order valence-corrected chi connectivity index (χ3v) is 4.70. The van der Waals surface area contributed by atoms with Crippen molar-refractivity contribution in [1.82, 2.24) is 4.90 Å². The van der Waals surface area contributed by atoms with Crippen molar-refractivity contribution in [2.24, 2.45) is 5.73 Å². The van der Waals surface area contributed by atoms with E-state index in [0.29, 0.717) is 19.2 Å². The van der Waals surface area contributed by atoms with Gasteiger partial charge in [0.1, 0.15) is 0 Å². The predicted molar refractivity (Wildman–Crippen MR) is 89.2 cm³/mol. The van der Waals surface area contributed by atoms with Crippen molar-refractivity contribution in [2.75, 3.05) is 38.2 Å². The van der Waals surface area contributed by atoms with E-state index in [9.17, 15) is 4.79 Å². The number of methoxy groups -OCH3 is 1. The van der Waals surface area contributed by atoms with Crippen LogP contribution < -0.4 is 20.1 Å². The van der Waals surface area contributed by atoms with Crippen molar-refractivity contribution < 1.29 is 14.3 Å². The molecular weight excluding hydrogens is 294 g/mol. The van der Waals surface area contributed by atoms with Gasteiger partial charge < -0.3 is 25.0 Å². The molecule has 1 heterocycles. The molecule has 0 aromatic heterocycles. The van der Waals surface area contributed by atoms with Crippen LogP contribution in [0, 0.1) is 0 Å². The molecule has 2 fully saturated rings. The highest BCUT2D eigenvalue weighted by Crippen LogP contribution is 2.35. The molecule has 3 rings (SSSR count). The zero-order valence-electron chi connectivity index (χ0n) is 13.7. The van der Waals surface area contributed by atoms with Crippen molar-refractivity contribution in [3.8, 4) is 11.5 Å². The van der Waals surface area contributed by atoms with Crippen molar-refractivity contribution in [3.05, 3.63) is 18.2 Å². The van der Waals surface area contributed by atoms with E-state index >= 15 is 0 Å². The summed E-state index contributed by atoms with van der Waals surface area (Å²) in [5.41, 5.74) is 6.44. The van der Waals surface area contributed by atoms with Crippen LogP contribution in [0.2, 0.25) is 0 Å². The molecule has 2 N–H and O–H groups in total. The lowest BCUT2D eigenvalue weighted by Crippen LogP contribution is -2.50. The van der Waals surface area contributed by atoms with Gasteiger partial charge in [-0.1, -0.05) is 0 Å². The summed E-state index contributed by atoms with van der Waals surface area (Å²) in [4.78, 5) is 15.1. The number of hydrogen-bond acceptors (Lipinski definition) is 4. The lowest BCUT2D eigenvalue weighted by Gasteiger charge is -2.35. The van der Waals surface area contributed by atoms with Gasteiger partial charge in [-0.05, 0) is 37.8 Å². The summed E-state index contributed by atoms with van der Waals surface area (Å²) in [7, 11) is 1.67. The van der Waals surface area contributed by atoms with Gasteiger partial charge in [-0.3, -0.25) is 0 Å². The molecule has 0 bridgehead atoms. The van der Waals surface area contributed by atoms with Gasteiger partial charge in [-0.25, -0.2) is 4.79 Å². The Morgan fingerprint density at radius 1 is 1.13 bits per heavy atom. The van der Waals surface area contributed by atoms with Gasteiger partial charge in [-0.2, -0.15) is 0 Å². The summed E-state index contributed by atoms with van der Waals surface area (Å²) in [6, 6.07) is 5.71. The average molecular weight is 319 g/mol. The first kappa shape index (κ1) is 15.8. The smallest absolute Gasteiger partial charge is 0.314 e.